The van der Waals surface area contributed by atoms with E-state index in [0.29, 0.717) is 17.7 Å². The van der Waals surface area contributed by atoms with Crippen LogP contribution in [-0.4, -0.2) is 36.2 Å². The van der Waals surface area contributed by atoms with E-state index in [1.807, 2.05) is 11.8 Å². The van der Waals surface area contributed by atoms with Gasteiger partial charge in [-0.25, -0.2) is 4.39 Å². The van der Waals surface area contributed by atoms with Crippen molar-refractivity contribution in [1.29, 1.82) is 0 Å². The zero-order chi connectivity index (χ0) is 16.2. The third kappa shape index (κ3) is 4.15. The van der Waals surface area contributed by atoms with Crippen LogP contribution in [0.3, 0.4) is 0 Å². The maximum atomic E-state index is 13.4. The van der Waals surface area contributed by atoms with Gasteiger partial charge in [-0.1, -0.05) is 18.5 Å². The van der Waals surface area contributed by atoms with Crippen LogP contribution >= 0.6 is 23.4 Å². The second-order valence-corrected chi connectivity index (χ2v) is 7.63. The standard InChI is InChI=1S/C16H21ClFNO2S/c1-3-22-16(4-6-21-7-5-16)10-19-15(20)12-8-11(2)14(18)9-13(12)17/h8-9H,3-7,10H2,1-2H3,(H,19,20). The van der Waals surface area contributed by atoms with Crippen molar-refractivity contribution in [3.63, 3.8) is 0 Å². The lowest BCUT2D eigenvalue weighted by Gasteiger charge is -2.36. The van der Waals surface area contributed by atoms with Crippen LogP contribution in [0.15, 0.2) is 12.1 Å². The van der Waals surface area contributed by atoms with Gasteiger partial charge in [0.05, 0.1) is 10.6 Å². The summed E-state index contributed by atoms with van der Waals surface area (Å²) in [6.07, 6.45) is 1.84. The Kier molecular flexibility index (Phi) is 6.12. The van der Waals surface area contributed by atoms with Crippen LogP contribution in [0.25, 0.3) is 0 Å². The van der Waals surface area contributed by atoms with E-state index >= 15 is 0 Å². The third-order valence-corrected chi connectivity index (χ3v) is 5.68. The van der Waals surface area contributed by atoms with Crippen molar-refractivity contribution >= 4 is 29.3 Å². The van der Waals surface area contributed by atoms with Gasteiger partial charge in [-0.3, -0.25) is 4.79 Å². The van der Waals surface area contributed by atoms with E-state index in [0.717, 1.165) is 31.8 Å². The first-order chi connectivity index (χ1) is 10.5. The monoisotopic (exact) mass is 345 g/mol. The van der Waals surface area contributed by atoms with Crippen molar-refractivity contribution in [2.75, 3.05) is 25.5 Å². The summed E-state index contributed by atoms with van der Waals surface area (Å²) in [5, 5.41) is 3.10. The zero-order valence-electron chi connectivity index (χ0n) is 12.9. The highest BCUT2D eigenvalue weighted by molar-refractivity contribution is 8.00. The molecule has 122 valence electrons. The molecule has 0 aromatic heterocycles. The summed E-state index contributed by atoms with van der Waals surface area (Å²) in [6, 6.07) is 2.69. The summed E-state index contributed by atoms with van der Waals surface area (Å²) < 4.78 is 18.9. The van der Waals surface area contributed by atoms with Gasteiger partial charge >= 0.3 is 0 Å². The first-order valence-corrected chi connectivity index (χ1v) is 8.79. The molecular formula is C16H21ClFNO2S. The van der Waals surface area contributed by atoms with Gasteiger partial charge in [0.2, 0.25) is 0 Å². The minimum atomic E-state index is -0.399. The number of amides is 1. The Morgan fingerprint density at radius 1 is 1.45 bits per heavy atom. The number of hydrogen-bond acceptors (Lipinski definition) is 3. The van der Waals surface area contributed by atoms with Crippen LogP contribution in [0, 0.1) is 12.7 Å². The number of nitrogens with one attached hydrogen (secondary N) is 1. The van der Waals surface area contributed by atoms with E-state index in [1.54, 1.807) is 6.92 Å². The van der Waals surface area contributed by atoms with Crippen LogP contribution in [0.2, 0.25) is 5.02 Å². The summed E-state index contributed by atoms with van der Waals surface area (Å²) in [5.41, 5.74) is 0.738. The Morgan fingerprint density at radius 3 is 2.77 bits per heavy atom. The van der Waals surface area contributed by atoms with E-state index in [2.05, 4.69) is 12.2 Å². The van der Waals surface area contributed by atoms with Gasteiger partial charge in [-0.15, -0.1) is 0 Å². The number of aryl methyl sites for hydroxylation is 1. The van der Waals surface area contributed by atoms with Crippen LogP contribution < -0.4 is 5.32 Å². The van der Waals surface area contributed by atoms with E-state index < -0.39 is 5.82 Å². The Morgan fingerprint density at radius 2 is 2.14 bits per heavy atom. The molecule has 0 saturated carbocycles. The quantitative estimate of drug-likeness (QED) is 0.881. The topological polar surface area (TPSA) is 38.3 Å². The van der Waals surface area contributed by atoms with Gasteiger partial charge in [-0.2, -0.15) is 11.8 Å². The summed E-state index contributed by atoms with van der Waals surface area (Å²) in [4.78, 5) is 12.4. The van der Waals surface area contributed by atoms with Gasteiger partial charge in [-0.05, 0) is 43.2 Å². The van der Waals surface area contributed by atoms with Crippen LogP contribution in [0.4, 0.5) is 4.39 Å². The van der Waals surface area contributed by atoms with Gasteiger partial charge in [0.1, 0.15) is 5.82 Å². The van der Waals surface area contributed by atoms with Crippen molar-refractivity contribution in [2.45, 2.75) is 31.4 Å². The first kappa shape index (κ1) is 17.6. The molecule has 0 bridgehead atoms. The molecule has 3 nitrogen and oxygen atoms in total. The largest absolute Gasteiger partial charge is 0.381 e. The number of carbonyl (C=O) groups excluding carboxylic acids is 1. The number of hydrogen-bond donors (Lipinski definition) is 1. The molecule has 1 heterocycles. The Bertz CT molecular complexity index is 542. The highest BCUT2D eigenvalue weighted by atomic mass is 35.5. The molecule has 1 N–H and O–H groups in total. The highest BCUT2D eigenvalue weighted by Gasteiger charge is 2.33. The highest BCUT2D eigenvalue weighted by Crippen LogP contribution is 2.35. The van der Waals surface area contributed by atoms with E-state index in [1.165, 1.54) is 12.1 Å². The molecule has 1 aromatic rings. The van der Waals surface area contributed by atoms with Gasteiger partial charge < -0.3 is 10.1 Å². The Labute approximate surface area is 139 Å². The molecule has 1 aliphatic rings. The Hall–Kier alpha value is -0.780. The second kappa shape index (κ2) is 7.66. The molecule has 0 spiro atoms. The maximum Gasteiger partial charge on any atom is 0.252 e. The van der Waals surface area contributed by atoms with Gasteiger partial charge in [0.15, 0.2) is 0 Å². The molecule has 1 aromatic carbocycles. The predicted molar refractivity (Wildman–Crippen MR) is 89.4 cm³/mol. The van der Waals surface area contributed by atoms with E-state index in [9.17, 15) is 9.18 Å². The molecule has 0 unspecified atom stereocenters. The number of ether oxygens (including phenoxy) is 1. The SMILES string of the molecule is CCSC1(CNC(=O)c2cc(C)c(F)cc2Cl)CCOCC1. The minimum Gasteiger partial charge on any atom is -0.381 e. The Balaban J connectivity index is 2.06. The average Bonchev–Trinajstić information content (AvgIpc) is 2.50. The summed E-state index contributed by atoms with van der Waals surface area (Å²) >= 11 is 7.85. The van der Waals surface area contributed by atoms with Gasteiger partial charge in [0.25, 0.3) is 5.91 Å². The van der Waals surface area contributed by atoms with Crippen molar-refractivity contribution in [2.24, 2.45) is 0 Å². The maximum absolute atomic E-state index is 13.4. The lowest BCUT2D eigenvalue weighted by atomic mass is 9.98. The first-order valence-electron chi connectivity index (χ1n) is 7.43. The third-order valence-electron chi connectivity index (χ3n) is 3.92. The second-order valence-electron chi connectivity index (χ2n) is 5.49. The molecule has 0 aliphatic carbocycles. The fourth-order valence-corrected chi connectivity index (χ4v) is 4.07. The molecule has 1 aliphatic heterocycles. The molecule has 6 heteroatoms. The number of thioether (sulfide) groups is 1. The van der Waals surface area contributed by atoms with Crippen LogP contribution in [-0.2, 0) is 4.74 Å². The fraction of sp³-hybridized carbons (Fsp3) is 0.562. The summed E-state index contributed by atoms with van der Waals surface area (Å²) in [7, 11) is 0. The zero-order valence-corrected chi connectivity index (χ0v) is 14.5. The van der Waals surface area contributed by atoms with Crippen molar-refractivity contribution in [3.8, 4) is 0 Å². The van der Waals surface area contributed by atoms with Crippen molar-refractivity contribution < 1.29 is 13.9 Å². The lowest BCUT2D eigenvalue weighted by Crippen LogP contribution is -2.44. The number of carbonyl (C=O) groups is 1. The average molecular weight is 346 g/mol. The minimum absolute atomic E-state index is 0.0181. The molecule has 1 amide bonds. The number of rotatable bonds is 5. The van der Waals surface area contributed by atoms with E-state index in [-0.39, 0.29) is 15.7 Å². The summed E-state index contributed by atoms with van der Waals surface area (Å²) in [6.45, 7) is 5.75. The van der Waals surface area contributed by atoms with E-state index in [4.69, 9.17) is 16.3 Å². The molecule has 0 atom stereocenters. The molecular weight excluding hydrogens is 325 g/mol. The van der Waals surface area contributed by atoms with Crippen LogP contribution in [0.5, 0.6) is 0 Å². The van der Waals surface area contributed by atoms with Crippen molar-refractivity contribution in [1.82, 2.24) is 5.32 Å². The van der Waals surface area contributed by atoms with Crippen molar-refractivity contribution in [3.05, 3.63) is 34.1 Å². The number of halogens is 2. The number of benzene rings is 1. The smallest absolute Gasteiger partial charge is 0.252 e. The predicted octanol–water partition coefficient (Wildman–Crippen LogP) is 3.82. The fourth-order valence-electron chi connectivity index (χ4n) is 2.59. The molecule has 1 fully saturated rings. The molecule has 2 rings (SSSR count). The normalized spacial score (nSPS) is 17.3. The molecule has 22 heavy (non-hydrogen) atoms. The van der Waals surface area contributed by atoms with Gasteiger partial charge in [0, 0.05) is 24.5 Å². The van der Waals surface area contributed by atoms with Crippen LogP contribution in [0.1, 0.15) is 35.7 Å². The molecule has 1 saturated heterocycles. The lowest BCUT2D eigenvalue weighted by molar-refractivity contribution is 0.0741. The molecule has 0 radical (unpaired) electrons. The summed E-state index contributed by atoms with van der Waals surface area (Å²) in [5.74, 6) is 0.339.